The first-order chi connectivity index (χ1) is 16.5. The fourth-order valence-electron chi connectivity index (χ4n) is 4.38. The number of ether oxygens (including phenoxy) is 1. The molecule has 4 rings (SSSR count). The van der Waals surface area contributed by atoms with Gasteiger partial charge in [0.05, 0.1) is 6.26 Å². The van der Waals surface area contributed by atoms with Crippen LogP contribution in [0.15, 0.2) is 36.4 Å². The molecule has 190 valence electrons. The first kappa shape index (κ1) is 25.4. The minimum Gasteiger partial charge on any atom is -0.459 e. The molecule has 4 bridgehead atoms. The van der Waals surface area contributed by atoms with Crippen molar-refractivity contribution in [2.45, 2.75) is 57.6 Å². The maximum atomic E-state index is 12.9. The van der Waals surface area contributed by atoms with Gasteiger partial charge >= 0.3 is 5.97 Å². The highest BCUT2D eigenvalue weighted by Crippen LogP contribution is 2.32. The Morgan fingerprint density at radius 2 is 1.91 bits per heavy atom. The molecule has 9 heteroatoms. The van der Waals surface area contributed by atoms with Crippen molar-refractivity contribution in [1.82, 2.24) is 4.98 Å². The summed E-state index contributed by atoms with van der Waals surface area (Å²) in [6.07, 6.45) is 6.87. The molecule has 0 spiro atoms. The molecule has 2 aliphatic rings. The average Bonchev–Trinajstić information content (AvgIpc) is 3.61. The number of anilines is 2. The molecule has 8 nitrogen and oxygen atoms in total. The molecule has 1 aliphatic carbocycles. The van der Waals surface area contributed by atoms with Gasteiger partial charge in [0.15, 0.2) is 0 Å². The molecule has 1 aromatic carbocycles. The van der Waals surface area contributed by atoms with Crippen molar-refractivity contribution >= 4 is 27.6 Å². The lowest BCUT2D eigenvalue weighted by atomic mass is 9.92. The fourth-order valence-corrected chi connectivity index (χ4v) is 4.81. The smallest absolute Gasteiger partial charge is 0.326 e. The van der Waals surface area contributed by atoms with E-state index in [0.717, 1.165) is 48.5 Å². The molecule has 1 saturated carbocycles. The summed E-state index contributed by atoms with van der Waals surface area (Å²) < 4.78 is 31.3. The van der Waals surface area contributed by atoms with Gasteiger partial charge < -0.3 is 15.4 Å². The number of benzene rings is 1. The number of nitrogens with two attached hydrogens (primary N) is 1. The van der Waals surface area contributed by atoms with Crippen LogP contribution in [-0.2, 0) is 39.0 Å². The molecule has 2 heterocycles. The molecule has 2 aromatic rings. The van der Waals surface area contributed by atoms with E-state index >= 15 is 0 Å². The van der Waals surface area contributed by atoms with Crippen LogP contribution in [0.3, 0.4) is 0 Å². The highest BCUT2D eigenvalue weighted by atomic mass is 32.2. The number of aromatic nitrogens is 1. The number of pyridine rings is 1. The van der Waals surface area contributed by atoms with Gasteiger partial charge in [-0.05, 0) is 73.8 Å². The normalized spacial score (nSPS) is 21.9. The topological polar surface area (TPSA) is 106 Å². The third-order valence-electron chi connectivity index (χ3n) is 6.72. The molecule has 35 heavy (non-hydrogen) atoms. The number of nitrogens with zero attached hydrogens (tertiary/aromatic N) is 3. The quantitative estimate of drug-likeness (QED) is 0.643. The summed E-state index contributed by atoms with van der Waals surface area (Å²) in [5, 5.41) is 0. The highest BCUT2D eigenvalue weighted by molar-refractivity contribution is 7.92. The van der Waals surface area contributed by atoms with Gasteiger partial charge in [-0.1, -0.05) is 24.3 Å². The highest BCUT2D eigenvalue weighted by Gasteiger charge is 2.31. The Morgan fingerprint density at radius 3 is 2.63 bits per heavy atom. The molecule has 1 fully saturated rings. The number of cyclic esters (lactones) is 1. The van der Waals surface area contributed by atoms with E-state index in [4.69, 9.17) is 15.5 Å². The van der Waals surface area contributed by atoms with E-state index in [1.807, 2.05) is 18.2 Å². The standard InChI is InChI=1S/C26H36N4O4S/c1-26(27)16-21-9-6-8-19(13-21)7-4-5-12-30(17-20-10-11-20)24-15-22(18-34-25(26)31)14-23(28-24)29(2)35(3,32)33/h6,8-9,13-15,20H,4-5,7,10-12,16-18,27H2,1-3H3/t26-/m1/s1. The number of hydrogen-bond acceptors (Lipinski definition) is 7. The van der Waals surface area contributed by atoms with Crippen molar-refractivity contribution in [3.8, 4) is 0 Å². The molecule has 0 amide bonds. The number of carbonyl (C=O) groups excluding carboxylic acids is 1. The summed E-state index contributed by atoms with van der Waals surface area (Å²) in [7, 11) is -2.02. The van der Waals surface area contributed by atoms with E-state index in [1.165, 1.54) is 25.5 Å². The molecule has 2 N–H and O–H groups in total. The van der Waals surface area contributed by atoms with Gasteiger partial charge in [-0.15, -0.1) is 0 Å². The summed E-state index contributed by atoms with van der Waals surface area (Å²) in [6, 6.07) is 11.8. The molecular formula is C26H36N4O4S. The average molecular weight is 501 g/mol. The van der Waals surface area contributed by atoms with Crippen LogP contribution in [0.2, 0.25) is 0 Å². The van der Waals surface area contributed by atoms with Crippen LogP contribution in [0.5, 0.6) is 0 Å². The van der Waals surface area contributed by atoms with Gasteiger partial charge in [0.2, 0.25) is 10.0 Å². The third-order valence-corrected chi connectivity index (χ3v) is 7.90. The van der Waals surface area contributed by atoms with E-state index < -0.39 is 21.5 Å². The van der Waals surface area contributed by atoms with Gasteiger partial charge in [-0.3, -0.25) is 9.10 Å². The lowest BCUT2D eigenvalue weighted by Crippen LogP contribution is -2.48. The van der Waals surface area contributed by atoms with E-state index in [-0.39, 0.29) is 6.61 Å². The molecule has 1 aromatic heterocycles. The first-order valence-electron chi connectivity index (χ1n) is 12.2. The molecule has 1 atom stereocenters. The second-order valence-electron chi connectivity index (χ2n) is 10.3. The Balaban J connectivity index is 1.69. The number of sulfonamides is 1. The van der Waals surface area contributed by atoms with Crippen molar-refractivity contribution in [3.63, 3.8) is 0 Å². The zero-order chi connectivity index (χ0) is 25.2. The van der Waals surface area contributed by atoms with Gasteiger partial charge in [0, 0.05) is 26.6 Å². The van der Waals surface area contributed by atoms with Crippen molar-refractivity contribution in [3.05, 3.63) is 53.1 Å². The summed E-state index contributed by atoms with van der Waals surface area (Å²) in [6.45, 7) is 3.39. The number of rotatable bonds is 4. The van der Waals surface area contributed by atoms with Crippen molar-refractivity contribution in [1.29, 1.82) is 0 Å². The number of esters is 1. The number of hydrogen-bond donors (Lipinski definition) is 1. The third kappa shape index (κ3) is 6.73. The van der Waals surface area contributed by atoms with Crippen LogP contribution in [0, 0.1) is 5.92 Å². The molecule has 1 aliphatic heterocycles. The second-order valence-corrected chi connectivity index (χ2v) is 12.3. The van der Waals surface area contributed by atoms with Crippen LogP contribution >= 0.6 is 0 Å². The van der Waals surface area contributed by atoms with Crippen molar-refractivity contribution < 1.29 is 17.9 Å². The Kier molecular flexibility index (Phi) is 7.38. The SMILES string of the molecule is CN(c1cc2cc(n1)N(CC1CC1)CCCCc1cccc(c1)C[C@@](C)(N)C(=O)OC2)S(C)(=O)=O. The summed E-state index contributed by atoms with van der Waals surface area (Å²) in [5.74, 6) is 1.15. The van der Waals surface area contributed by atoms with Crippen LogP contribution in [0.1, 0.15) is 49.3 Å². The maximum Gasteiger partial charge on any atom is 0.326 e. The molecule has 0 saturated heterocycles. The monoisotopic (exact) mass is 500 g/mol. The van der Waals surface area contributed by atoms with E-state index in [2.05, 4.69) is 17.0 Å². The zero-order valence-electron chi connectivity index (χ0n) is 20.9. The van der Waals surface area contributed by atoms with Gasteiger partial charge in [0.1, 0.15) is 23.8 Å². The van der Waals surface area contributed by atoms with E-state index in [0.29, 0.717) is 29.5 Å². The fraction of sp³-hybridized carbons (Fsp3) is 0.538. The second kappa shape index (κ2) is 10.1. The Bertz CT molecular complexity index is 1180. The lowest BCUT2D eigenvalue weighted by molar-refractivity contribution is -0.150. The molecule has 0 radical (unpaired) electrons. The Morgan fingerprint density at radius 1 is 1.17 bits per heavy atom. The predicted octanol–water partition coefficient (Wildman–Crippen LogP) is 3.03. The van der Waals surface area contributed by atoms with Crippen LogP contribution in [0.4, 0.5) is 11.6 Å². The minimum absolute atomic E-state index is 0.0109. The van der Waals surface area contributed by atoms with Crippen LogP contribution in [0.25, 0.3) is 0 Å². The summed E-state index contributed by atoms with van der Waals surface area (Å²) in [5.41, 5.74) is 8.12. The van der Waals surface area contributed by atoms with Crippen LogP contribution < -0.4 is 14.9 Å². The summed E-state index contributed by atoms with van der Waals surface area (Å²) in [4.78, 5) is 19.9. The number of carbonyl (C=O) groups is 1. The number of fused-ring (bicyclic) bond motifs is 4. The zero-order valence-corrected chi connectivity index (χ0v) is 21.7. The van der Waals surface area contributed by atoms with Crippen LogP contribution in [-0.4, -0.2) is 51.3 Å². The maximum absolute atomic E-state index is 12.9. The van der Waals surface area contributed by atoms with E-state index in [9.17, 15) is 13.2 Å². The Hall–Kier alpha value is -2.65. The molecular weight excluding hydrogens is 464 g/mol. The van der Waals surface area contributed by atoms with E-state index in [1.54, 1.807) is 13.0 Å². The van der Waals surface area contributed by atoms with Crippen molar-refractivity contribution in [2.24, 2.45) is 11.7 Å². The van der Waals surface area contributed by atoms with Gasteiger partial charge in [-0.25, -0.2) is 13.4 Å². The lowest BCUT2D eigenvalue weighted by Gasteiger charge is -2.27. The minimum atomic E-state index is -3.50. The Labute approximate surface area is 208 Å². The first-order valence-corrected chi connectivity index (χ1v) is 14.1. The predicted molar refractivity (Wildman–Crippen MR) is 138 cm³/mol. The molecule has 0 unspecified atom stereocenters. The number of aryl methyl sites for hydroxylation is 1. The summed E-state index contributed by atoms with van der Waals surface area (Å²) >= 11 is 0. The van der Waals surface area contributed by atoms with Gasteiger partial charge in [0.25, 0.3) is 0 Å². The van der Waals surface area contributed by atoms with Gasteiger partial charge in [-0.2, -0.15) is 0 Å². The largest absolute Gasteiger partial charge is 0.459 e. The van der Waals surface area contributed by atoms with Crippen molar-refractivity contribution in [2.75, 3.05) is 35.6 Å².